The lowest BCUT2D eigenvalue weighted by atomic mass is 10.0. The van der Waals surface area contributed by atoms with Crippen molar-refractivity contribution in [2.75, 3.05) is 12.3 Å². The van der Waals surface area contributed by atoms with Gasteiger partial charge in [-0.2, -0.15) is 18.4 Å². The molecule has 0 amide bonds. The summed E-state index contributed by atoms with van der Waals surface area (Å²) >= 11 is 0. The Labute approximate surface area is 206 Å². The number of alkyl halides is 3. The first kappa shape index (κ1) is 25.5. The molecule has 0 atom stereocenters. The molecular weight excluding hydrogens is 497 g/mol. The number of pyridine rings is 1. The summed E-state index contributed by atoms with van der Waals surface area (Å²) in [5.74, 6) is -1.59. The molecule has 0 spiro atoms. The van der Waals surface area contributed by atoms with Gasteiger partial charge in [0.2, 0.25) is 0 Å². The van der Waals surface area contributed by atoms with Crippen LogP contribution >= 0.6 is 0 Å². The second kappa shape index (κ2) is 9.81. The van der Waals surface area contributed by atoms with Gasteiger partial charge in [-0.15, -0.1) is 0 Å². The van der Waals surface area contributed by atoms with E-state index in [-0.39, 0.29) is 17.0 Å². The highest BCUT2D eigenvalue weighted by atomic mass is 19.4. The molecule has 0 saturated carbocycles. The first-order chi connectivity index (χ1) is 17.5. The predicted octanol–water partition coefficient (Wildman–Crippen LogP) is 5.97. The third-order valence-corrected chi connectivity index (χ3v) is 5.56. The largest absolute Gasteiger partial charge is 0.492 e. The molecular formula is C26H18F5N3O3. The number of anilines is 1. The molecule has 0 bridgehead atoms. The Morgan fingerprint density at radius 1 is 1.08 bits per heavy atom. The molecule has 0 saturated heterocycles. The maximum atomic E-state index is 14.4. The zero-order valence-electron chi connectivity index (χ0n) is 19.2. The number of nitrogens with two attached hydrogens (primary N) is 1. The van der Waals surface area contributed by atoms with Gasteiger partial charge in [0, 0.05) is 17.2 Å². The Balaban J connectivity index is 1.89. The van der Waals surface area contributed by atoms with Crippen LogP contribution in [0.5, 0.6) is 5.75 Å². The summed E-state index contributed by atoms with van der Waals surface area (Å²) in [6, 6.07) is 10.7. The van der Waals surface area contributed by atoms with E-state index in [9.17, 15) is 32.0 Å². The van der Waals surface area contributed by atoms with E-state index in [4.69, 9.17) is 14.9 Å². The normalized spacial score (nSPS) is 11.4. The number of ether oxygens (including phenoxy) is 1. The molecule has 0 radical (unpaired) electrons. The fraction of sp³-hybridized carbons (Fsp3) is 0.154. The van der Waals surface area contributed by atoms with Crippen LogP contribution in [0.1, 0.15) is 23.6 Å². The highest BCUT2D eigenvalue weighted by Crippen LogP contribution is 2.36. The van der Waals surface area contributed by atoms with Gasteiger partial charge in [-0.1, -0.05) is 12.1 Å². The number of benzene rings is 2. The monoisotopic (exact) mass is 515 g/mol. The minimum Gasteiger partial charge on any atom is -0.492 e. The van der Waals surface area contributed by atoms with E-state index in [1.807, 2.05) is 0 Å². The van der Waals surface area contributed by atoms with Gasteiger partial charge in [0.15, 0.2) is 5.76 Å². The second-order valence-electron chi connectivity index (χ2n) is 7.94. The standard InChI is InChI=1S/C26H18F5N3O3/c1-2-36-23-6-4-14(7-21(23)33)16-8-24(37-13-16)22-10-19(26(29,30)31)18(11-32)25(35)34(22)12-15-3-5-17(27)9-20(15)28/h3-10,13H,2,12,33H2,1H3. The van der Waals surface area contributed by atoms with Crippen LogP contribution < -0.4 is 16.0 Å². The van der Waals surface area contributed by atoms with Crippen LogP contribution in [-0.4, -0.2) is 11.2 Å². The Bertz CT molecular complexity index is 1580. The number of hydrogen-bond donors (Lipinski definition) is 1. The van der Waals surface area contributed by atoms with Gasteiger partial charge >= 0.3 is 6.18 Å². The number of nitrogen functional groups attached to an aromatic ring is 1. The quantitative estimate of drug-likeness (QED) is 0.252. The molecule has 2 aromatic heterocycles. The summed E-state index contributed by atoms with van der Waals surface area (Å²) < 4.78 is 80.6. The number of furan rings is 1. The first-order valence-corrected chi connectivity index (χ1v) is 10.8. The lowest BCUT2D eigenvalue weighted by Crippen LogP contribution is -2.29. The van der Waals surface area contributed by atoms with Crippen molar-refractivity contribution in [3.05, 3.63) is 93.5 Å². The topological polar surface area (TPSA) is 94.2 Å². The highest BCUT2D eigenvalue weighted by Gasteiger charge is 2.37. The lowest BCUT2D eigenvalue weighted by Gasteiger charge is -2.16. The maximum Gasteiger partial charge on any atom is 0.417 e. The van der Waals surface area contributed by atoms with Gasteiger partial charge in [0.25, 0.3) is 5.56 Å². The molecule has 0 aliphatic rings. The lowest BCUT2D eigenvalue weighted by molar-refractivity contribution is -0.137. The van der Waals surface area contributed by atoms with Crippen molar-refractivity contribution in [2.45, 2.75) is 19.6 Å². The SMILES string of the molecule is CCOc1ccc(-c2coc(-c3cc(C(F)(F)F)c(C#N)c(=O)n3Cc3ccc(F)cc3F)c2)cc1N. The van der Waals surface area contributed by atoms with E-state index in [1.165, 1.54) is 18.4 Å². The summed E-state index contributed by atoms with van der Waals surface area (Å²) in [5.41, 5.74) is 2.83. The average molecular weight is 515 g/mol. The van der Waals surface area contributed by atoms with Crippen LogP contribution in [0.4, 0.5) is 27.6 Å². The molecule has 37 heavy (non-hydrogen) atoms. The van der Waals surface area contributed by atoms with Gasteiger partial charge < -0.3 is 14.9 Å². The van der Waals surface area contributed by atoms with E-state index < -0.39 is 41.0 Å². The van der Waals surface area contributed by atoms with Crippen molar-refractivity contribution >= 4 is 5.69 Å². The van der Waals surface area contributed by atoms with Crippen molar-refractivity contribution in [1.29, 1.82) is 5.26 Å². The van der Waals surface area contributed by atoms with Gasteiger partial charge in [0.05, 0.1) is 36.4 Å². The molecule has 0 fully saturated rings. The van der Waals surface area contributed by atoms with Gasteiger partial charge in [-0.3, -0.25) is 9.36 Å². The van der Waals surface area contributed by atoms with Crippen LogP contribution in [0, 0.1) is 23.0 Å². The van der Waals surface area contributed by atoms with Gasteiger partial charge in [0.1, 0.15) is 29.0 Å². The molecule has 190 valence electrons. The summed E-state index contributed by atoms with van der Waals surface area (Å²) in [7, 11) is 0. The van der Waals surface area contributed by atoms with Crippen LogP contribution in [0.2, 0.25) is 0 Å². The Morgan fingerprint density at radius 2 is 1.84 bits per heavy atom. The number of halogens is 5. The Morgan fingerprint density at radius 3 is 2.46 bits per heavy atom. The minimum absolute atomic E-state index is 0.155. The third-order valence-electron chi connectivity index (χ3n) is 5.56. The second-order valence-corrected chi connectivity index (χ2v) is 7.94. The van der Waals surface area contributed by atoms with Crippen LogP contribution in [0.3, 0.4) is 0 Å². The summed E-state index contributed by atoms with van der Waals surface area (Å²) in [5, 5.41) is 9.31. The molecule has 2 heterocycles. The number of rotatable bonds is 6. The van der Waals surface area contributed by atoms with Crippen molar-refractivity contribution in [3.8, 4) is 34.4 Å². The molecule has 0 aliphatic heterocycles. The molecule has 2 aromatic carbocycles. The predicted molar refractivity (Wildman–Crippen MR) is 125 cm³/mol. The Kier molecular flexibility index (Phi) is 6.76. The average Bonchev–Trinajstić information content (AvgIpc) is 3.32. The molecule has 4 aromatic rings. The molecule has 0 aliphatic carbocycles. The Hall–Kier alpha value is -4.59. The molecule has 2 N–H and O–H groups in total. The van der Waals surface area contributed by atoms with E-state index in [0.29, 0.717) is 41.3 Å². The van der Waals surface area contributed by atoms with Crippen LogP contribution in [-0.2, 0) is 12.7 Å². The molecule has 0 unspecified atom stereocenters. The molecule has 4 rings (SSSR count). The summed E-state index contributed by atoms with van der Waals surface area (Å²) in [6.07, 6.45) is -3.78. The minimum atomic E-state index is -5.03. The zero-order chi connectivity index (χ0) is 26.9. The fourth-order valence-electron chi connectivity index (χ4n) is 3.80. The number of aromatic nitrogens is 1. The third kappa shape index (κ3) is 5.04. The summed E-state index contributed by atoms with van der Waals surface area (Å²) in [4.78, 5) is 13.0. The van der Waals surface area contributed by atoms with Gasteiger partial charge in [-0.25, -0.2) is 8.78 Å². The smallest absolute Gasteiger partial charge is 0.417 e. The number of nitrogens with zero attached hydrogens (tertiary/aromatic N) is 2. The zero-order valence-corrected chi connectivity index (χ0v) is 19.2. The molecule has 6 nitrogen and oxygen atoms in total. The number of nitriles is 1. The van der Waals surface area contributed by atoms with Crippen molar-refractivity contribution in [1.82, 2.24) is 4.57 Å². The molecule has 11 heteroatoms. The van der Waals surface area contributed by atoms with E-state index in [2.05, 4.69) is 0 Å². The highest BCUT2D eigenvalue weighted by molar-refractivity contribution is 5.73. The van der Waals surface area contributed by atoms with Crippen molar-refractivity contribution < 1.29 is 31.1 Å². The first-order valence-electron chi connectivity index (χ1n) is 10.8. The van der Waals surface area contributed by atoms with Crippen LogP contribution in [0.15, 0.2) is 64.0 Å². The fourth-order valence-corrected chi connectivity index (χ4v) is 3.80. The van der Waals surface area contributed by atoms with Crippen LogP contribution in [0.25, 0.3) is 22.6 Å². The van der Waals surface area contributed by atoms with Crippen molar-refractivity contribution in [2.24, 2.45) is 0 Å². The maximum absolute atomic E-state index is 14.4. The van der Waals surface area contributed by atoms with E-state index in [1.54, 1.807) is 25.1 Å². The van der Waals surface area contributed by atoms with Crippen molar-refractivity contribution in [3.63, 3.8) is 0 Å². The number of hydrogen-bond acceptors (Lipinski definition) is 5. The summed E-state index contributed by atoms with van der Waals surface area (Å²) in [6.45, 7) is 1.60. The van der Waals surface area contributed by atoms with E-state index >= 15 is 0 Å². The van der Waals surface area contributed by atoms with Gasteiger partial charge in [-0.05, 0) is 42.8 Å². The van der Waals surface area contributed by atoms with E-state index in [0.717, 1.165) is 16.7 Å².